The third kappa shape index (κ3) is 3.27. The Morgan fingerprint density at radius 2 is 1.94 bits per heavy atom. The second-order valence-electron chi connectivity index (χ2n) is 4.35. The number of benzene rings is 1. The fourth-order valence-corrected chi connectivity index (χ4v) is 2.50. The Hall–Kier alpha value is -1.00. The van der Waals surface area contributed by atoms with Gasteiger partial charge >= 0.3 is 0 Å². The largest absolute Gasteiger partial charge is 0.345 e. The average molecular weight is 266 g/mol. The van der Waals surface area contributed by atoms with Crippen molar-refractivity contribution >= 4 is 17.7 Å². The molecule has 3 nitrogen and oxygen atoms in total. The van der Waals surface area contributed by atoms with Gasteiger partial charge in [0.2, 0.25) is 0 Å². The minimum Gasteiger partial charge on any atom is -0.345 e. The maximum Gasteiger partial charge on any atom is 0.252 e. The second-order valence-corrected chi connectivity index (χ2v) is 5.19. The quantitative estimate of drug-likeness (QED) is 0.778. The molecule has 0 atom stereocenters. The molecule has 0 aliphatic carbocycles. The molecule has 0 radical (unpaired) electrons. The van der Waals surface area contributed by atoms with E-state index in [4.69, 9.17) is 5.73 Å². The van der Waals surface area contributed by atoms with Crippen LogP contribution in [-0.2, 0) is 0 Å². The van der Waals surface area contributed by atoms with Gasteiger partial charge in [-0.05, 0) is 31.2 Å². The first-order valence-electron chi connectivity index (χ1n) is 6.28. The van der Waals surface area contributed by atoms with Gasteiger partial charge in [0, 0.05) is 11.4 Å². The fourth-order valence-electron chi connectivity index (χ4n) is 1.91. The van der Waals surface area contributed by atoms with Crippen molar-refractivity contribution in [3.05, 3.63) is 29.8 Å². The fraction of sp³-hybridized carbons (Fsp3) is 0.500. The summed E-state index contributed by atoms with van der Waals surface area (Å²) >= 11 is 1.58. The Morgan fingerprint density at radius 3 is 2.44 bits per heavy atom. The lowest BCUT2D eigenvalue weighted by Gasteiger charge is -2.31. The molecule has 0 saturated heterocycles. The van der Waals surface area contributed by atoms with E-state index in [0.717, 1.165) is 23.3 Å². The summed E-state index contributed by atoms with van der Waals surface area (Å²) in [7, 11) is 0. The molecule has 0 aliphatic heterocycles. The highest BCUT2D eigenvalue weighted by molar-refractivity contribution is 7.98. The van der Waals surface area contributed by atoms with Gasteiger partial charge in [0.05, 0.1) is 11.1 Å². The van der Waals surface area contributed by atoms with E-state index < -0.39 is 0 Å². The van der Waals surface area contributed by atoms with E-state index in [2.05, 4.69) is 19.2 Å². The lowest BCUT2D eigenvalue weighted by molar-refractivity contribution is 0.0892. The summed E-state index contributed by atoms with van der Waals surface area (Å²) < 4.78 is 0. The van der Waals surface area contributed by atoms with Gasteiger partial charge in [0.25, 0.3) is 5.91 Å². The predicted octanol–water partition coefficient (Wildman–Crippen LogP) is 2.66. The lowest BCUT2D eigenvalue weighted by Crippen LogP contribution is -2.52. The van der Waals surface area contributed by atoms with Crippen LogP contribution in [0.25, 0.3) is 0 Å². The van der Waals surface area contributed by atoms with Gasteiger partial charge < -0.3 is 11.1 Å². The van der Waals surface area contributed by atoms with Crippen molar-refractivity contribution in [1.82, 2.24) is 5.32 Å². The molecule has 0 unspecified atom stereocenters. The minimum atomic E-state index is -0.289. The van der Waals surface area contributed by atoms with Crippen LogP contribution < -0.4 is 11.1 Å². The Labute approximate surface area is 114 Å². The number of hydrogen-bond acceptors (Lipinski definition) is 3. The zero-order chi connectivity index (χ0) is 13.6. The number of carbonyl (C=O) groups excluding carboxylic acids is 1. The zero-order valence-corrected chi connectivity index (χ0v) is 12.1. The molecule has 0 aromatic heterocycles. The van der Waals surface area contributed by atoms with E-state index >= 15 is 0 Å². The first kappa shape index (κ1) is 15.1. The van der Waals surface area contributed by atoms with Crippen molar-refractivity contribution in [2.75, 3.05) is 12.8 Å². The van der Waals surface area contributed by atoms with Crippen LogP contribution in [0.15, 0.2) is 29.2 Å². The summed E-state index contributed by atoms with van der Waals surface area (Å²) in [6.45, 7) is 4.57. The second kappa shape index (κ2) is 6.81. The molecular weight excluding hydrogens is 244 g/mol. The van der Waals surface area contributed by atoms with Crippen molar-refractivity contribution in [3.63, 3.8) is 0 Å². The summed E-state index contributed by atoms with van der Waals surface area (Å²) in [6.07, 6.45) is 3.66. The van der Waals surface area contributed by atoms with Gasteiger partial charge in [-0.3, -0.25) is 4.79 Å². The molecule has 3 N–H and O–H groups in total. The summed E-state index contributed by atoms with van der Waals surface area (Å²) in [5.74, 6) is -0.0332. The molecular formula is C14H22N2OS. The Bertz CT molecular complexity index is 394. The van der Waals surface area contributed by atoms with Crippen molar-refractivity contribution in [3.8, 4) is 0 Å². The molecule has 4 heteroatoms. The molecule has 1 rings (SSSR count). The van der Waals surface area contributed by atoms with Gasteiger partial charge in [-0.15, -0.1) is 11.8 Å². The molecule has 1 aromatic rings. The highest BCUT2D eigenvalue weighted by Gasteiger charge is 2.27. The third-order valence-corrected chi connectivity index (χ3v) is 4.27. The van der Waals surface area contributed by atoms with Crippen molar-refractivity contribution in [2.45, 2.75) is 37.1 Å². The number of amides is 1. The first-order chi connectivity index (χ1) is 8.62. The van der Waals surface area contributed by atoms with Gasteiger partial charge in [-0.25, -0.2) is 0 Å². The third-order valence-electron chi connectivity index (χ3n) is 3.47. The van der Waals surface area contributed by atoms with Crippen LogP contribution in [0.1, 0.15) is 37.0 Å². The first-order valence-corrected chi connectivity index (χ1v) is 7.50. The van der Waals surface area contributed by atoms with E-state index in [9.17, 15) is 4.79 Å². The smallest absolute Gasteiger partial charge is 0.252 e. The summed E-state index contributed by atoms with van der Waals surface area (Å²) in [5, 5.41) is 3.09. The van der Waals surface area contributed by atoms with Crippen LogP contribution in [0.2, 0.25) is 0 Å². The van der Waals surface area contributed by atoms with Crippen LogP contribution in [0.3, 0.4) is 0 Å². The van der Waals surface area contributed by atoms with E-state index in [-0.39, 0.29) is 11.4 Å². The number of nitrogens with one attached hydrogen (secondary N) is 1. The van der Waals surface area contributed by atoms with Gasteiger partial charge in [0.1, 0.15) is 0 Å². The van der Waals surface area contributed by atoms with Crippen LogP contribution in [-0.4, -0.2) is 24.2 Å². The number of rotatable bonds is 6. The normalized spacial score (nSPS) is 11.3. The minimum absolute atomic E-state index is 0.0332. The Morgan fingerprint density at radius 1 is 1.33 bits per heavy atom. The number of hydrogen-bond donors (Lipinski definition) is 2. The number of carbonyl (C=O) groups is 1. The van der Waals surface area contributed by atoms with Crippen molar-refractivity contribution < 1.29 is 4.79 Å². The molecule has 0 heterocycles. The molecule has 0 bridgehead atoms. The molecule has 0 spiro atoms. The molecule has 18 heavy (non-hydrogen) atoms. The standard InChI is InChI=1S/C14H22N2OS/c1-4-14(5-2,10-15)16-13(17)11-8-6-7-9-12(11)18-3/h6-9H,4-5,10,15H2,1-3H3,(H,16,17). The highest BCUT2D eigenvalue weighted by Crippen LogP contribution is 2.21. The molecule has 0 saturated carbocycles. The SMILES string of the molecule is CCC(CC)(CN)NC(=O)c1ccccc1SC. The number of thioether (sulfide) groups is 1. The van der Waals surface area contributed by atoms with Crippen LogP contribution in [0, 0.1) is 0 Å². The molecule has 100 valence electrons. The van der Waals surface area contributed by atoms with E-state index in [0.29, 0.717) is 6.54 Å². The Kier molecular flexibility index (Phi) is 5.69. The summed E-state index contributed by atoms with van der Waals surface area (Å²) in [5.41, 5.74) is 6.24. The molecule has 0 aliphatic rings. The Balaban J connectivity index is 2.94. The maximum absolute atomic E-state index is 12.3. The van der Waals surface area contributed by atoms with Crippen LogP contribution >= 0.6 is 11.8 Å². The van der Waals surface area contributed by atoms with Gasteiger partial charge in [-0.2, -0.15) is 0 Å². The maximum atomic E-state index is 12.3. The van der Waals surface area contributed by atoms with Gasteiger partial charge in [-0.1, -0.05) is 26.0 Å². The molecule has 1 aromatic carbocycles. The predicted molar refractivity (Wildman–Crippen MR) is 78.1 cm³/mol. The molecule has 1 amide bonds. The zero-order valence-electron chi connectivity index (χ0n) is 11.3. The van der Waals surface area contributed by atoms with E-state index in [1.165, 1.54) is 0 Å². The van der Waals surface area contributed by atoms with E-state index in [1.54, 1.807) is 11.8 Å². The van der Waals surface area contributed by atoms with Crippen molar-refractivity contribution in [2.24, 2.45) is 5.73 Å². The lowest BCUT2D eigenvalue weighted by atomic mass is 9.92. The summed E-state index contributed by atoms with van der Waals surface area (Å²) in [6, 6.07) is 7.64. The van der Waals surface area contributed by atoms with Gasteiger partial charge in [0.15, 0.2) is 0 Å². The topological polar surface area (TPSA) is 55.1 Å². The highest BCUT2D eigenvalue weighted by atomic mass is 32.2. The monoisotopic (exact) mass is 266 g/mol. The van der Waals surface area contributed by atoms with Crippen molar-refractivity contribution in [1.29, 1.82) is 0 Å². The number of nitrogens with two attached hydrogens (primary N) is 1. The van der Waals surface area contributed by atoms with E-state index in [1.807, 2.05) is 30.5 Å². The average Bonchev–Trinajstić information content (AvgIpc) is 2.44. The van der Waals surface area contributed by atoms with Crippen LogP contribution in [0.4, 0.5) is 0 Å². The molecule has 0 fully saturated rings. The van der Waals surface area contributed by atoms with Crippen LogP contribution in [0.5, 0.6) is 0 Å². The summed E-state index contributed by atoms with van der Waals surface area (Å²) in [4.78, 5) is 13.3.